The quantitative estimate of drug-likeness (QED) is 0.736. The van der Waals surface area contributed by atoms with Crippen LogP contribution in [-0.2, 0) is 6.54 Å². The van der Waals surface area contributed by atoms with Crippen molar-refractivity contribution in [2.24, 2.45) is 0 Å². The number of nitrogens with one attached hydrogen (secondary N) is 1. The lowest BCUT2D eigenvalue weighted by atomic mass is 10.1. The number of rotatable bonds is 8. The van der Waals surface area contributed by atoms with E-state index in [0.717, 1.165) is 25.1 Å². The maximum Gasteiger partial charge on any atom is 0.0762 e. The molecule has 2 aromatic rings. The van der Waals surface area contributed by atoms with Crippen molar-refractivity contribution in [1.29, 1.82) is 0 Å². The van der Waals surface area contributed by atoms with Crippen molar-refractivity contribution >= 4 is 11.6 Å². The number of aromatic nitrogens is 2. The van der Waals surface area contributed by atoms with Gasteiger partial charge in [-0.25, -0.2) is 0 Å². The van der Waals surface area contributed by atoms with Crippen LogP contribution >= 0.6 is 11.6 Å². The molecule has 1 aromatic heterocycles. The third kappa shape index (κ3) is 4.32. The molecule has 0 bridgehead atoms. The first-order valence-corrected chi connectivity index (χ1v) is 8.20. The average Bonchev–Trinajstić information content (AvgIpc) is 2.99. The van der Waals surface area contributed by atoms with Gasteiger partial charge in [0.25, 0.3) is 0 Å². The second-order valence-electron chi connectivity index (χ2n) is 5.26. The van der Waals surface area contributed by atoms with E-state index in [1.807, 2.05) is 18.2 Å². The minimum absolute atomic E-state index is 0.158. The van der Waals surface area contributed by atoms with Gasteiger partial charge in [-0.2, -0.15) is 5.10 Å². The van der Waals surface area contributed by atoms with Crippen LogP contribution in [0.15, 0.2) is 42.6 Å². The van der Waals surface area contributed by atoms with E-state index in [1.165, 1.54) is 5.56 Å². The van der Waals surface area contributed by atoms with Crippen LogP contribution in [0.1, 0.15) is 50.0 Å². The van der Waals surface area contributed by atoms with Crippen molar-refractivity contribution < 1.29 is 0 Å². The Morgan fingerprint density at radius 1 is 1.14 bits per heavy atom. The fourth-order valence-electron chi connectivity index (χ4n) is 2.51. The Morgan fingerprint density at radius 2 is 1.86 bits per heavy atom. The number of hydrogen-bond donors (Lipinski definition) is 1. The Hall–Kier alpha value is -1.32. The number of nitrogens with zero attached hydrogens (tertiary/aromatic N) is 2. The molecule has 0 spiro atoms. The molecule has 4 heteroatoms. The maximum absolute atomic E-state index is 6.08. The molecule has 21 heavy (non-hydrogen) atoms. The van der Waals surface area contributed by atoms with Crippen LogP contribution in [0.25, 0.3) is 0 Å². The topological polar surface area (TPSA) is 29.9 Å². The van der Waals surface area contributed by atoms with Crippen LogP contribution in [0.5, 0.6) is 0 Å². The van der Waals surface area contributed by atoms with E-state index in [1.54, 1.807) is 0 Å². The number of halogens is 1. The molecule has 2 rings (SSSR count). The van der Waals surface area contributed by atoms with Crippen molar-refractivity contribution in [2.75, 3.05) is 5.88 Å². The third-order valence-electron chi connectivity index (χ3n) is 3.87. The summed E-state index contributed by atoms with van der Waals surface area (Å²) in [6, 6.07) is 13.0. The summed E-state index contributed by atoms with van der Waals surface area (Å²) in [6.07, 6.45) is 4.30. The predicted octanol–water partition coefficient (Wildman–Crippen LogP) is 4.31. The smallest absolute Gasteiger partial charge is 0.0762 e. The van der Waals surface area contributed by atoms with Gasteiger partial charge in [0.15, 0.2) is 0 Å². The van der Waals surface area contributed by atoms with Gasteiger partial charge in [-0.3, -0.25) is 4.68 Å². The van der Waals surface area contributed by atoms with E-state index in [-0.39, 0.29) is 6.04 Å². The average molecular weight is 306 g/mol. The van der Waals surface area contributed by atoms with Gasteiger partial charge in [-0.05, 0) is 24.5 Å². The summed E-state index contributed by atoms with van der Waals surface area (Å²) in [6.45, 7) is 5.14. The summed E-state index contributed by atoms with van der Waals surface area (Å²) in [7, 11) is 0. The summed E-state index contributed by atoms with van der Waals surface area (Å²) < 4.78 is 2.08. The zero-order valence-corrected chi connectivity index (χ0v) is 13.6. The summed E-state index contributed by atoms with van der Waals surface area (Å²) in [5.41, 5.74) is 2.28. The van der Waals surface area contributed by atoms with Crippen molar-refractivity contribution in [3.8, 4) is 0 Å². The predicted molar refractivity (Wildman–Crippen MR) is 88.6 cm³/mol. The Labute approximate surface area is 132 Å². The molecule has 1 unspecified atom stereocenters. The summed E-state index contributed by atoms with van der Waals surface area (Å²) in [5.74, 6) is 0.553. The molecule has 0 aliphatic heterocycles. The number of benzene rings is 1. The largest absolute Gasteiger partial charge is 0.303 e. The lowest BCUT2D eigenvalue weighted by molar-refractivity contribution is 0.423. The molecule has 1 N–H and O–H groups in total. The number of hydrogen-bond acceptors (Lipinski definition) is 2. The highest BCUT2D eigenvalue weighted by Gasteiger charge is 2.11. The summed E-state index contributed by atoms with van der Waals surface area (Å²) in [5, 5.41) is 8.15. The first kappa shape index (κ1) is 16.1. The van der Waals surface area contributed by atoms with E-state index in [0.29, 0.717) is 11.9 Å². The molecule has 0 saturated heterocycles. The molecule has 0 radical (unpaired) electrons. The molecular weight excluding hydrogens is 282 g/mol. The van der Waals surface area contributed by atoms with E-state index >= 15 is 0 Å². The molecule has 0 fully saturated rings. The Bertz CT molecular complexity index is 520. The standard InChI is InChI=1S/C17H24ClN3/c1-3-16(4-2)21-11-10-15(20-21)13-19-17(12-18)14-8-6-5-7-9-14/h5-11,16-17,19H,3-4,12-13H2,1-2H3. The van der Waals surface area contributed by atoms with Crippen molar-refractivity contribution in [1.82, 2.24) is 15.1 Å². The molecule has 0 aliphatic carbocycles. The Kier molecular flexibility index (Phi) is 6.27. The Morgan fingerprint density at radius 3 is 2.48 bits per heavy atom. The highest BCUT2D eigenvalue weighted by Crippen LogP contribution is 2.16. The third-order valence-corrected chi connectivity index (χ3v) is 4.17. The summed E-state index contributed by atoms with van der Waals surface area (Å²) in [4.78, 5) is 0. The molecule has 1 atom stereocenters. The van der Waals surface area contributed by atoms with Gasteiger partial charge in [0, 0.05) is 24.7 Å². The first-order valence-electron chi connectivity index (χ1n) is 7.66. The van der Waals surface area contributed by atoms with Crippen LogP contribution in [0.3, 0.4) is 0 Å². The number of alkyl halides is 1. The molecule has 1 aromatic carbocycles. The molecule has 0 saturated carbocycles. The minimum atomic E-state index is 0.158. The normalized spacial score (nSPS) is 12.8. The van der Waals surface area contributed by atoms with Crippen LogP contribution in [0, 0.1) is 0 Å². The maximum atomic E-state index is 6.08. The van der Waals surface area contributed by atoms with Gasteiger partial charge < -0.3 is 5.32 Å². The molecule has 0 aliphatic rings. The first-order chi connectivity index (χ1) is 10.3. The van der Waals surface area contributed by atoms with Gasteiger partial charge in [0.2, 0.25) is 0 Å². The van der Waals surface area contributed by atoms with Gasteiger partial charge in [0.05, 0.1) is 11.7 Å². The van der Waals surface area contributed by atoms with Gasteiger partial charge in [-0.15, -0.1) is 11.6 Å². The monoisotopic (exact) mass is 305 g/mol. The lowest BCUT2D eigenvalue weighted by Gasteiger charge is -2.16. The minimum Gasteiger partial charge on any atom is -0.303 e. The molecule has 114 valence electrons. The van der Waals surface area contributed by atoms with E-state index in [9.17, 15) is 0 Å². The second kappa shape index (κ2) is 8.20. The lowest BCUT2D eigenvalue weighted by Crippen LogP contribution is -2.22. The van der Waals surface area contributed by atoms with Crippen LogP contribution < -0.4 is 5.32 Å². The highest BCUT2D eigenvalue weighted by atomic mass is 35.5. The van der Waals surface area contributed by atoms with Gasteiger partial charge >= 0.3 is 0 Å². The summed E-state index contributed by atoms with van der Waals surface area (Å²) >= 11 is 6.08. The van der Waals surface area contributed by atoms with E-state index < -0.39 is 0 Å². The van der Waals surface area contributed by atoms with Crippen molar-refractivity contribution in [3.63, 3.8) is 0 Å². The zero-order valence-electron chi connectivity index (χ0n) is 12.8. The molecule has 0 amide bonds. The second-order valence-corrected chi connectivity index (χ2v) is 5.56. The van der Waals surface area contributed by atoms with Gasteiger partial charge in [-0.1, -0.05) is 44.2 Å². The van der Waals surface area contributed by atoms with Crippen molar-refractivity contribution in [3.05, 3.63) is 53.9 Å². The van der Waals surface area contributed by atoms with E-state index in [2.05, 4.69) is 53.3 Å². The van der Waals surface area contributed by atoms with E-state index in [4.69, 9.17) is 11.6 Å². The van der Waals surface area contributed by atoms with Crippen LogP contribution in [-0.4, -0.2) is 15.7 Å². The zero-order chi connectivity index (χ0) is 15.1. The molecular formula is C17H24ClN3. The molecule has 1 heterocycles. The van der Waals surface area contributed by atoms with Crippen LogP contribution in [0.2, 0.25) is 0 Å². The van der Waals surface area contributed by atoms with Crippen LogP contribution in [0.4, 0.5) is 0 Å². The highest BCUT2D eigenvalue weighted by molar-refractivity contribution is 6.18. The fourth-order valence-corrected chi connectivity index (χ4v) is 2.80. The molecule has 3 nitrogen and oxygen atoms in total. The Balaban J connectivity index is 1.96. The fraction of sp³-hybridized carbons (Fsp3) is 0.471. The SMILES string of the molecule is CCC(CC)n1ccc(CNC(CCl)c2ccccc2)n1. The van der Waals surface area contributed by atoms with Gasteiger partial charge in [0.1, 0.15) is 0 Å². The van der Waals surface area contributed by atoms with Crippen molar-refractivity contribution in [2.45, 2.75) is 45.3 Å².